The van der Waals surface area contributed by atoms with E-state index < -0.39 is 4.92 Å². The quantitative estimate of drug-likeness (QED) is 0.658. The van der Waals surface area contributed by atoms with E-state index in [1.807, 2.05) is 6.92 Å². The maximum Gasteiger partial charge on any atom is 0.311 e. The fourth-order valence-electron chi connectivity index (χ4n) is 1.38. The Kier molecular flexibility index (Phi) is 4.27. The minimum atomic E-state index is -0.406. The van der Waals surface area contributed by atoms with E-state index in [0.717, 1.165) is 5.69 Å². The van der Waals surface area contributed by atoms with Crippen LogP contribution in [0, 0.1) is 28.4 Å². The number of nitrogens with zero attached hydrogens (tertiary/aromatic N) is 2. The van der Waals surface area contributed by atoms with Gasteiger partial charge >= 0.3 is 5.69 Å². The maximum absolute atomic E-state index is 10.9. The first-order chi connectivity index (χ1) is 8.21. The van der Waals surface area contributed by atoms with Crippen LogP contribution in [-0.2, 0) is 0 Å². The van der Waals surface area contributed by atoms with Crippen LogP contribution in [0.3, 0.4) is 0 Å². The SMILES string of the molecule is Cc1ccc([N+](=O)[O-])c(NCC(C)C(C)(C)C)n1. The molecule has 0 saturated carbocycles. The highest BCUT2D eigenvalue weighted by atomic mass is 16.6. The van der Waals surface area contributed by atoms with Crippen molar-refractivity contribution in [3.63, 3.8) is 0 Å². The van der Waals surface area contributed by atoms with Crippen molar-refractivity contribution < 1.29 is 4.92 Å². The van der Waals surface area contributed by atoms with E-state index >= 15 is 0 Å². The van der Waals surface area contributed by atoms with Gasteiger partial charge in [0.2, 0.25) is 5.82 Å². The van der Waals surface area contributed by atoms with Crippen LogP contribution in [-0.4, -0.2) is 16.5 Å². The second kappa shape index (κ2) is 5.33. The normalized spacial score (nSPS) is 13.2. The second-order valence-corrected chi connectivity index (χ2v) is 5.73. The van der Waals surface area contributed by atoms with Crippen LogP contribution in [0.4, 0.5) is 11.5 Å². The zero-order valence-corrected chi connectivity index (χ0v) is 11.7. The van der Waals surface area contributed by atoms with E-state index in [1.54, 1.807) is 6.07 Å². The molecule has 1 aromatic heterocycles. The molecule has 0 aliphatic heterocycles. The van der Waals surface area contributed by atoms with Crippen LogP contribution >= 0.6 is 0 Å². The van der Waals surface area contributed by atoms with Gasteiger partial charge in [0.25, 0.3) is 0 Å². The molecule has 1 unspecified atom stereocenters. The van der Waals surface area contributed by atoms with Crippen LogP contribution in [0.2, 0.25) is 0 Å². The molecule has 100 valence electrons. The molecule has 1 N–H and O–H groups in total. The third-order valence-electron chi connectivity index (χ3n) is 3.26. The van der Waals surface area contributed by atoms with E-state index in [1.165, 1.54) is 6.07 Å². The van der Waals surface area contributed by atoms with Crippen molar-refractivity contribution in [3.05, 3.63) is 27.9 Å². The number of hydrogen-bond acceptors (Lipinski definition) is 4. The van der Waals surface area contributed by atoms with E-state index in [0.29, 0.717) is 18.3 Å². The number of nitrogens with one attached hydrogen (secondary N) is 1. The molecule has 0 radical (unpaired) electrons. The summed E-state index contributed by atoms with van der Waals surface area (Å²) in [6.45, 7) is 11.1. The Labute approximate surface area is 108 Å². The fraction of sp³-hybridized carbons (Fsp3) is 0.615. The van der Waals surface area contributed by atoms with E-state index in [4.69, 9.17) is 0 Å². The first-order valence-corrected chi connectivity index (χ1v) is 6.07. The Morgan fingerprint density at radius 1 is 1.44 bits per heavy atom. The summed E-state index contributed by atoms with van der Waals surface area (Å²) in [7, 11) is 0. The fourth-order valence-corrected chi connectivity index (χ4v) is 1.38. The average Bonchev–Trinajstić information content (AvgIpc) is 2.24. The summed E-state index contributed by atoms with van der Waals surface area (Å²) in [4.78, 5) is 14.7. The third-order valence-corrected chi connectivity index (χ3v) is 3.26. The number of aryl methyl sites for hydroxylation is 1. The third kappa shape index (κ3) is 3.68. The Morgan fingerprint density at radius 2 is 2.06 bits per heavy atom. The van der Waals surface area contributed by atoms with Gasteiger partial charge in [-0.3, -0.25) is 10.1 Å². The minimum Gasteiger partial charge on any atom is -0.364 e. The lowest BCUT2D eigenvalue weighted by Crippen LogP contribution is -2.25. The summed E-state index contributed by atoms with van der Waals surface area (Å²) < 4.78 is 0. The lowest BCUT2D eigenvalue weighted by molar-refractivity contribution is -0.384. The monoisotopic (exact) mass is 251 g/mol. The summed E-state index contributed by atoms with van der Waals surface area (Å²) in [6.07, 6.45) is 0. The van der Waals surface area contributed by atoms with E-state index in [9.17, 15) is 10.1 Å². The molecular weight excluding hydrogens is 230 g/mol. The van der Waals surface area contributed by atoms with Gasteiger partial charge in [0.05, 0.1) is 4.92 Å². The smallest absolute Gasteiger partial charge is 0.311 e. The van der Waals surface area contributed by atoms with Crippen molar-refractivity contribution in [2.24, 2.45) is 11.3 Å². The minimum absolute atomic E-state index is 0.0294. The van der Waals surface area contributed by atoms with Gasteiger partial charge in [0.15, 0.2) is 0 Å². The molecule has 1 aromatic rings. The number of pyridine rings is 1. The second-order valence-electron chi connectivity index (χ2n) is 5.73. The Hall–Kier alpha value is -1.65. The molecule has 0 aliphatic carbocycles. The zero-order chi connectivity index (χ0) is 13.9. The zero-order valence-electron chi connectivity index (χ0n) is 11.7. The maximum atomic E-state index is 10.9. The van der Waals surface area contributed by atoms with Crippen LogP contribution in [0.25, 0.3) is 0 Å². The number of aromatic nitrogens is 1. The molecule has 1 atom stereocenters. The molecule has 0 aliphatic rings. The van der Waals surface area contributed by atoms with Gasteiger partial charge in [-0.1, -0.05) is 27.7 Å². The molecule has 0 saturated heterocycles. The predicted molar refractivity (Wildman–Crippen MR) is 72.7 cm³/mol. The Morgan fingerprint density at radius 3 is 2.56 bits per heavy atom. The van der Waals surface area contributed by atoms with Crippen LogP contribution < -0.4 is 5.32 Å². The highest BCUT2D eigenvalue weighted by molar-refractivity contribution is 5.56. The van der Waals surface area contributed by atoms with Gasteiger partial charge in [-0.15, -0.1) is 0 Å². The summed E-state index contributed by atoms with van der Waals surface area (Å²) in [5.74, 6) is 0.746. The molecule has 5 nitrogen and oxygen atoms in total. The van der Waals surface area contributed by atoms with Gasteiger partial charge in [0, 0.05) is 18.3 Å². The molecule has 5 heteroatoms. The van der Waals surface area contributed by atoms with Crippen molar-refractivity contribution in [1.29, 1.82) is 0 Å². The highest BCUT2D eigenvalue weighted by Crippen LogP contribution is 2.27. The number of rotatable bonds is 4. The lowest BCUT2D eigenvalue weighted by atomic mass is 9.82. The largest absolute Gasteiger partial charge is 0.364 e. The van der Waals surface area contributed by atoms with Crippen LogP contribution in [0.5, 0.6) is 0 Å². The van der Waals surface area contributed by atoms with Crippen molar-refractivity contribution >= 4 is 11.5 Å². The molecule has 0 spiro atoms. The number of nitro groups is 1. The highest BCUT2D eigenvalue weighted by Gasteiger charge is 2.21. The number of hydrogen-bond donors (Lipinski definition) is 1. The molecule has 18 heavy (non-hydrogen) atoms. The van der Waals surface area contributed by atoms with Crippen LogP contribution in [0.15, 0.2) is 12.1 Å². The number of anilines is 1. The van der Waals surface area contributed by atoms with Crippen molar-refractivity contribution in [2.45, 2.75) is 34.6 Å². The molecule has 1 rings (SSSR count). The van der Waals surface area contributed by atoms with E-state index in [2.05, 4.69) is 38.0 Å². The summed E-state index contributed by atoms with van der Waals surface area (Å²) in [5.41, 5.74) is 0.958. The van der Waals surface area contributed by atoms with Gasteiger partial charge in [-0.25, -0.2) is 4.98 Å². The molecule has 0 bridgehead atoms. The molecule has 0 fully saturated rings. The van der Waals surface area contributed by atoms with Gasteiger partial charge < -0.3 is 5.32 Å². The summed E-state index contributed by atoms with van der Waals surface area (Å²) in [5, 5.41) is 14.0. The molecule has 0 aromatic carbocycles. The summed E-state index contributed by atoms with van der Waals surface area (Å²) in [6, 6.07) is 3.14. The van der Waals surface area contributed by atoms with Crippen LogP contribution in [0.1, 0.15) is 33.4 Å². The van der Waals surface area contributed by atoms with E-state index in [-0.39, 0.29) is 11.1 Å². The standard InChI is InChI=1S/C13H21N3O2/c1-9(13(3,4)5)8-14-12-11(16(17)18)7-6-10(2)15-12/h6-7,9H,8H2,1-5H3,(H,14,15). The average molecular weight is 251 g/mol. The Bertz CT molecular complexity index is 438. The molecule has 1 heterocycles. The first-order valence-electron chi connectivity index (χ1n) is 6.07. The predicted octanol–water partition coefficient (Wildman–Crippen LogP) is 3.39. The van der Waals surface area contributed by atoms with Crippen molar-refractivity contribution in [1.82, 2.24) is 4.98 Å². The van der Waals surface area contributed by atoms with Crippen molar-refractivity contribution in [2.75, 3.05) is 11.9 Å². The topological polar surface area (TPSA) is 68.1 Å². The molecular formula is C13H21N3O2. The lowest BCUT2D eigenvalue weighted by Gasteiger charge is -2.27. The van der Waals surface area contributed by atoms with Crippen molar-refractivity contribution in [3.8, 4) is 0 Å². The first kappa shape index (κ1) is 14.4. The molecule has 0 amide bonds. The van der Waals surface area contributed by atoms with Gasteiger partial charge in [0.1, 0.15) is 0 Å². The van der Waals surface area contributed by atoms with Gasteiger partial charge in [-0.2, -0.15) is 0 Å². The summed E-state index contributed by atoms with van der Waals surface area (Å²) >= 11 is 0. The van der Waals surface area contributed by atoms with Gasteiger partial charge in [-0.05, 0) is 24.3 Å². The Balaban J connectivity index is 2.84.